The quantitative estimate of drug-likeness (QED) is 0.224. The Labute approximate surface area is 299 Å². The fourth-order valence-electron chi connectivity index (χ4n) is 13.6. The van der Waals surface area contributed by atoms with Crippen LogP contribution in [0.2, 0.25) is 0 Å². The van der Waals surface area contributed by atoms with Crippen molar-refractivity contribution in [3.63, 3.8) is 0 Å². The van der Waals surface area contributed by atoms with E-state index >= 15 is 4.79 Å². The average Bonchev–Trinajstić information content (AvgIpc) is 3.91. The summed E-state index contributed by atoms with van der Waals surface area (Å²) in [7, 11) is -3.77. The van der Waals surface area contributed by atoms with Gasteiger partial charge in [0.25, 0.3) is 0 Å². The van der Waals surface area contributed by atoms with E-state index in [-0.39, 0.29) is 57.9 Å². The van der Waals surface area contributed by atoms with E-state index in [2.05, 4.69) is 25.1 Å². The Morgan fingerprint density at radius 1 is 0.900 bits per heavy atom. The second-order valence-corrected chi connectivity index (χ2v) is 22.6. The molecular formula is C41H60N2O6S. The molecule has 9 aliphatic rings. The first kappa shape index (κ1) is 35.0. The molecular weight excluding hydrogens is 649 g/mol. The molecule has 4 bridgehead atoms. The van der Waals surface area contributed by atoms with Gasteiger partial charge in [-0.3, -0.25) is 23.9 Å². The minimum atomic E-state index is -3.77. The Balaban J connectivity index is 1.05. The normalized spacial score (nSPS) is 40.7. The van der Waals surface area contributed by atoms with Gasteiger partial charge in [-0.2, -0.15) is 0 Å². The van der Waals surface area contributed by atoms with Crippen LogP contribution in [0.15, 0.2) is 12.7 Å². The van der Waals surface area contributed by atoms with Crippen LogP contribution >= 0.6 is 0 Å². The zero-order valence-electron chi connectivity index (χ0n) is 31.2. The van der Waals surface area contributed by atoms with Crippen LogP contribution in [0.4, 0.5) is 0 Å². The monoisotopic (exact) mass is 708 g/mol. The smallest absolute Gasteiger partial charge is 0.240 e. The Bertz CT molecular complexity index is 1600. The molecule has 8 nitrogen and oxygen atoms in total. The number of carbonyl (C=O) groups excluding carboxylic acids is 4. The van der Waals surface area contributed by atoms with Gasteiger partial charge in [-0.25, -0.2) is 8.42 Å². The standard InChI is InChI=1S/C41H60N2O6S/c1-7-28-20-39(28,35(47)42-50(48,49)30-9-10-30)23-33(45)32-22-41(37(5,6)40(41)11-8-12-40)24-43(32)34(46)31(36(2,3)4)16-29(44)21-38-17-25-13-26(18-38)15-27(14-25)19-38/h7,25-28,30-32H,1,8-24H2,2-6H3,(H,42,47)/t25?,26?,27?,28-,31-,32+,38?,39-,41-/m1/s1. The number of amides is 2. The lowest BCUT2D eigenvalue weighted by molar-refractivity contribution is -0.147. The molecule has 8 aliphatic carbocycles. The molecule has 1 N–H and O–H groups in total. The van der Waals surface area contributed by atoms with Crippen molar-refractivity contribution in [1.29, 1.82) is 0 Å². The molecule has 1 heterocycles. The van der Waals surface area contributed by atoms with Crippen molar-refractivity contribution in [3.05, 3.63) is 12.7 Å². The van der Waals surface area contributed by atoms with Crippen LogP contribution in [0.25, 0.3) is 0 Å². The number of ketones is 2. The van der Waals surface area contributed by atoms with Gasteiger partial charge >= 0.3 is 0 Å². The first-order valence-corrected chi connectivity index (χ1v) is 21.4. The highest BCUT2D eigenvalue weighted by atomic mass is 32.2. The molecule has 5 atom stereocenters. The molecule has 0 unspecified atom stereocenters. The number of allylic oxidation sites excluding steroid dienone is 1. The number of hydrogen-bond donors (Lipinski definition) is 1. The highest BCUT2D eigenvalue weighted by molar-refractivity contribution is 7.90. The van der Waals surface area contributed by atoms with Crippen LogP contribution in [-0.2, 0) is 29.2 Å². The maximum atomic E-state index is 15.0. The number of nitrogens with zero attached hydrogens (tertiary/aromatic N) is 1. The molecule has 1 saturated heterocycles. The molecule has 276 valence electrons. The molecule has 0 radical (unpaired) electrons. The van der Waals surface area contributed by atoms with Gasteiger partial charge in [-0.05, 0) is 122 Å². The summed E-state index contributed by atoms with van der Waals surface area (Å²) in [5.74, 6) is 0.752. The van der Waals surface area contributed by atoms with Crippen molar-refractivity contribution < 1.29 is 27.6 Å². The summed E-state index contributed by atoms with van der Waals surface area (Å²) >= 11 is 0. The lowest BCUT2D eigenvalue weighted by Gasteiger charge is -2.56. The number of hydrogen-bond acceptors (Lipinski definition) is 6. The van der Waals surface area contributed by atoms with Crippen molar-refractivity contribution in [2.75, 3.05) is 6.54 Å². The van der Waals surface area contributed by atoms with Gasteiger partial charge in [0, 0.05) is 37.1 Å². The summed E-state index contributed by atoms with van der Waals surface area (Å²) in [5, 5.41) is -0.543. The SMILES string of the molecule is C=C[C@@H]1C[C@]1(CC(=O)[C@@H]1C[C@@]2(CN1C(=O)[C@@H](CC(=O)CC13CC4CC(CC(C4)C1)C3)C(C)(C)C)C(C)(C)C21CCC1)C(=O)NS(=O)(=O)C1CC1. The van der Waals surface area contributed by atoms with Gasteiger partial charge in [0.1, 0.15) is 5.78 Å². The first-order chi connectivity index (χ1) is 23.3. The molecule has 9 fully saturated rings. The van der Waals surface area contributed by atoms with Crippen LogP contribution in [0.5, 0.6) is 0 Å². The van der Waals surface area contributed by atoms with Crippen LogP contribution in [0.1, 0.15) is 137 Å². The summed E-state index contributed by atoms with van der Waals surface area (Å²) in [6, 6.07) is -0.694. The average molecular weight is 709 g/mol. The van der Waals surface area contributed by atoms with Gasteiger partial charge in [0.15, 0.2) is 5.78 Å². The predicted molar refractivity (Wildman–Crippen MR) is 191 cm³/mol. The Kier molecular flexibility index (Phi) is 7.71. The van der Waals surface area contributed by atoms with E-state index in [1.54, 1.807) is 6.08 Å². The molecule has 2 spiro atoms. The van der Waals surface area contributed by atoms with Crippen molar-refractivity contribution in [1.82, 2.24) is 9.62 Å². The van der Waals surface area contributed by atoms with Crippen LogP contribution in [0, 0.1) is 62.1 Å². The topological polar surface area (TPSA) is 118 Å². The van der Waals surface area contributed by atoms with Crippen molar-refractivity contribution in [3.8, 4) is 0 Å². The second kappa shape index (κ2) is 11.0. The zero-order valence-corrected chi connectivity index (χ0v) is 32.0. The van der Waals surface area contributed by atoms with Crippen molar-refractivity contribution >= 4 is 33.4 Å². The maximum Gasteiger partial charge on any atom is 0.240 e. The number of nitrogens with one attached hydrogen (secondary N) is 1. The van der Waals surface area contributed by atoms with E-state index in [4.69, 9.17) is 0 Å². The van der Waals surface area contributed by atoms with Crippen LogP contribution < -0.4 is 4.72 Å². The van der Waals surface area contributed by atoms with Crippen LogP contribution in [-0.4, -0.2) is 54.5 Å². The number of rotatable bonds is 12. The molecule has 0 aromatic rings. The van der Waals surface area contributed by atoms with E-state index in [0.29, 0.717) is 38.6 Å². The van der Waals surface area contributed by atoms with E-state index < -0.39 is 44.0 Å². The van der Waals surface area contributed by atoms with Crippen molar-refractivity contribution in [2.24, 2.45) is 62.1 Å². The summed E-state index contributed by atoms with van der Waals surface area (Å²) < 4.78 is 27.9. The molecule has 9 rings (SSSR count). The fourth-order valence-corrected chi connectivity index (χ4v) is 15.0. The Hall–Kier alpha value is -2.03. The Morgan fingerprint density at radius 2 is 1.50 bits per heavy atom. The number of Topliss-reactive ketones (excluding diaryl/α,β-unsaturated/α-hetero) is 2. The maximum absolute atomic E-state index is 15.0. The number of fused-ring (bicyclic) bond motifs is 1. The molecule has 1 aliphatic heterocycles. The van der Waals surface area contributed by atoms with E-state index in [1.807, 2.05) is 25.7 Å². The predicted octanol–water partition coefficient (Wildman–Crippen LogP) is 6.77. The van der Waals surface area contributed by atoms with Crippen molar-refractivity contribution in [2.45, 2.75) is 149 Å². The highest BCUT2D eigenvalue weighted by Crippen LogP contribution is 2.88. The molecule has 0 aromatic carbocycles. The second-order valence-electron chi connectivity index (χ2n) is 20.6. The first-order valence-electron chi connectivity index (χ1n) is 19.8. The minimum absolute atomic E-state index is 0.0198. The minimum Gasteiger partial charge on any atom is -0.332 e. The molecule has 50 heavy (non-hydrogen) atoms. The third-order valence-corrected chi connectivity index (χ3v) is 18.4. The lowest BCUT2D eigenvalue weighted by Crippen LogP contribution is -2.49. The molecule has 2 amide bonds. The van der Waals surface area contributed by atoms with Gasteiger partial charge in [0.2, 0.25) is 21.8 Å². The summed E-state index contributed by atoms with van der Waals surface area (Å²) in [5.41, 5.74) is -1.62. The number of carbonyl (C=O) groups is 4. The van der Waals surface area contributed by atoms with Gasteiger partial charge in [-0.15, -0.1) is 6.58 Å². The third-order valence-electron chi connectivity index (χ3n) is 16.5. The van der Waals surface area contributed by atoms with Gasteiger partial charge in [0.05, 0.1) is 16.7 Å². The summed E-state index contributed by atoms with van der Waals surface area (Å²) in [6.45, 7) is 15.1. The zero-order chi connectivity index (χ0) is 35.9. The van der Waals surface area contributed by atoms with E-state index in [1.165, 1.54) is 19.3 Å². The van der Waals surface area contributed by atoms with Gasteiger partial charge < -0.3 is 4.90 Å². The van der Waals surface area contributed by atoms with E-state index in [9.17, 15) is 22.8 Å². The number of likely N-dealkylation sites (tertiary alicyclic amines) is 1. The fraction of sp³-hybridized carbons (Fsp3) is 0.854. The molecule has 0 aromatic heterocycles. The lowest BCUT2D eigenvalue weighted by atomic mass is 9.48. The molecule has 9 heteroatoms. The third kappa shape index (κ3) is 5.10. The highest BCUT2D eigenvalue weighted by Gasteiger charge is 2.85. The number of sulfonamides is 1. The molecule has 8 saturated carbocycles. The van der Waals surface area contributed by atoms with E-state index in [0.717, 1.165) is 56.3 Å². The summed E-state index contributed by atoms with van der Waals surface area (Å²) in [6.07, 6.45) is 15.1. The summed E-state index contributed by atoms with van der Waals surface area (Å²) in [4.78, 5) is 59.2. The van der Waals surface area contributed by atoms with Crippen LogP contribution in [0.3, 0.4) is 0 Å². The largest absolute Gasteiger partial charge is 0.332 e. The van der Waals surface area contributed by atoms with Gasteiger partial charge in [-0.1, -0.05) is 47.1 Å². The Morgan fingerprint density at radius 3 is 1.96 bits per heavy atom.